The van der Waals surface area contributed by atoms with Crippen molar-refractivity contribution in [1.29, 1.82) is 0 Å². The molecule has 3 rings (SSSR count). The van der Waals surface area contributed by atoms with Crippen molar-refractivity contribution in [3.05, 3.63) is 29.8 Å². The Hall–Kier alpha value is -0.510. The molecule has 0 spiro atoms. The topological polar surface area (TPSA) is 23.5 Å². The number of hydrogen-bond donors (Lipinski definition) is 1. The molecule has 0 unspecified atom stereocenters. The fourth-order valence-electron chi connectivity index (χ4n) is 4.04. The van der Waals surface area contributed by atoms with Crippen molar-refractivity contribution >= 4 is 11.8 Å². The summed E-state index contributed by atoms with van der Waals surface area (Å²) < 4.78 is 0. The first-order valence-corrected chi connectivity index (χ1v) is 10.6. The second-order valence-electron chi connectivity index (χ2n) is 7.89. The fourth-order valence-corrected chi connectivity index (χ4v) is 4.52. The van der Waals surface area contributed by atoms with Crippen molar-refractivity contribution in [2.45, 2.75) is 50.8 Å². The van der Waals surface area contributed by atoms with Crippen LogP contribution in [0.2, 0.25) is 0 Å². The molecule has 0 radical (unpaired) electrons. The first-order chi connectivity index (χ1) is 11.6. The summed E-state index contributed by atoms with van der Waals surface area (Å²) in [5.41, 5.74) is 2.14. The van der Waals surface area contributed by atoms with Crippen LogP contribution in [-0.2, 0) is 6.42 Å². The van der Waals surface area contributed by atoms with Crippen LogP contribution in [0.5, 0.6) is 0 Å². The van der Waals surface area contributed by atoms with Gasteiger partial charge in [-0.3, -0.25) is 0 Å². The highest BCUT2D eigenvalue weighted by Crippen LogP contribution is 2.49. The predicted molar refractivity (Wildman–Crippen MR) is 106 cm³/mol. The average molecular weight is 350 g/mol. The van der Waals surface area contributed by atoms with E-state index >= 15 is 0 Å². The van der Waals surface area contributed by atoms with Crippen molar-refractivity contribution in [3.8, 4) is 0 Å². The van der Waals surface area contributed by atoms with Gasteiger partial charge in [0.05, 0.1) is 0 Å². The summed E-state index contributed by atoms with van der Waals surface area (Å²) in [6.07, 6.45) is 9.14. The summed E-state index contributed by atoms with van der Waals surface area (Å²) in [6, 6.07) is 9.18. The number of aliphatic hydroxyl groups excluding tert-OH is 1. The number of thioether (sulfide) groups is 1. The van der Waals surface area contributed by atoms with Gasteiger partial charge in [-0.05, 0) is 86.4 Å². The van der Waals surface area contributed by atoms with Crippen LogP contribution in [-0.4, -0.2) is 43.0 Å². The van der Waals surface area contributed by atoms with E-state index in [0.717, 1.165) is 18.9 Å². The lowest BCUT2D eigenvalue weighted by atomic mass is 9.86. The van der Waals surface area contributed by atoms with E-state index in [0.29, 0.717) is 5.41 Å². The number of benzene rings is 1. The molecule has 1 heterocycles. The number of likely N-dealkylation sites (tertiary alicyclic amines) is 1. The first kappa shape index (κ1) is 19.8. The molecule has 1 aromatic carbocycles. The Morgan fingerprint density at radius 1 is 1.21 bits per heavy atom. The molecule has 0 atom stereocenters. The van der Waals surface area contributed by atoms with Crippen molar-refractivity contribution in [3.63, 3.8) is 0 Å². The third-order valence-electron chi connectivity index (χ3n) is 5.80. The van der Waals surface area contributed by atoms with Gasteiger partial charge in [0.1, 0.15) is 0 Å². The molecule has 1 aromatic rings. The zero-order valence-electron chi connectivity index (χ0n) is 15.9. The Balaban J connectivity index is 0.00000100. The third-order valence-corrected chi connectivity index (χ3v) is 6.53. The molecule has 24 heavy (non-hydrogen) atoms. The average Bonchev–Trinajstić information content (AvgIpc) is 3.36. The van der Waals surface area contributed by atoms with Crippen molar-refractivity contribution in [2.24, 2.45) is 17.3 Å². The summed E-state index contributed by atoms with van der Waals surface area (Å²) in [5, 5.41) is 7.00. The molecule has 1 aliphatic carbocycles. The lowest BCUT2D eigenvalue weighted by Crippen LogP contribution is -2.39. The summed E-state index contributed by atoms with van der Waals surface area (Å²) in [4.78, 5) is 4.16. The molecular formula is C21H35NOS. The molecule has 0 aromatic heterocycles. The molecule has 2 fully saturated rings. The van der Waals surface area contributed by atoms with Gasteiger partial charge in [-0.25, -0.2) is 0 Å². The van der Waals surface area contributed by atoms with Crippen LogP contribution in [0.1, 0.15) is 45.1 Å². The Morgan fingerprint density at radius 2 is 1.88 bits per heavy atom. The van der Waals surface area contributed by atoms with Crippen LogP contribution in [0.3, 0.4) is 0 Å². The van der Waals surface area contributed by atoms with Gasteiger partial charge in [-0.1, -0.05) is 26.0 Å². The molecule has 0 amide bonds. The van der Waals surface area contributed by atoms with Crippen LogP contribution in [0.15, 0.2) is 29.2 Å². The Morgan fingerprint density at radius 3 is 2.42 bits per heavy atom. The summed E-state index contributed by atoms with van der Waals surface area (Å²) in [7, 11) is 1.00. The van der Waals surface area contributed by atoms with Crippen molar-refractivity contribution in [1.82, 2.24) is 4.90 Å². The molecular weight excluding hydrogens is 314 g/mol. The molecule has 2 nitrogen and oxygen atoms in total. The first-order valence-electron chi connectivity index (χ1n) is 9.40. The maximum atomic E-state index is 7.00. The predicted octanol–water partition coefficient (Wildman–Crippen LogP) is 4.71. The molecule has 2 aliphatic rings. The highest BCUT2D eigenvalue weighted by atomic mass is 32.2. The van der Waals surface area contributed by atoms with E-state index in [-0.39, 0.29) is 0 Å². The van der Waals surface area contributed by atoms with Crippen LogP contribution >= 0.6 is 11.8 Å². The lowest BCUT2D eigenvalue weighted by Gasteiger charge is -2.36. The molecule has 1 saturated heterocycles. The highest BCUT2D eigenvalue weighted by Gasteiger charge is 2.44. The largest absolute Gasteiger partial charge is 0.400 e. The van der Waals surface area contributed by atoms with Gasteiger partial charge >= 0.3 is 0 Å². The SMILES string of the molecule is CO.CSc1cccc(CC2(CN3CCC(C(C)C)CC3)CC2)c1. The molecule has 1 saturated carbocycles. The maximum Gasteiger partial charge on any atom is 0.0319 e. The summed E-state index contributed by atoms with van der Waals surface area (Å²) in [6.45, 7) is 8.77. The van der Waals surface area contributed by atoms with E-state index < -0.39 is 0 Å². The minimum absolute atomic E-state index is 0.599. The zero-order chi connectivity index (χ0) is 17.6. The second kappa shape index (κ2) is 9.26. The van der Waals surface area contributed by atoms with Gasteiger partial charge in [0.2, 0.25) is 0 Å². The summed E-state index contributed by atoms with van der Waals surface area (Å²) in [5.74, 6) is 1.83. The third kappa shape index (κ3) is 5.50. The maximum absolute atomic E-state index is 7.00. The van der Waals surface area contributed by atoms with Crippen LogP contribution < -0.4 is 0 Å². The molecule has 1 aliphatic heterocycles. The monoisotopic (exact) mass is 349 g/mol. The van der Waals surface area contributed by atoms with E-state index in [4.69, 9.17) is 5.11 Å². The fraction of sp³-hybridized carbons (Fsp3) is 0.714. The summed E-state index contributed by atoms with van der Waals surface area (Å²) >= 11 is 1.86. The Bertz CT molecular complexity index is 490. The van der Waals surface area contributed by atoms with Gasteiger partial charge in [0.25, 0.3) is 0 Å². The van der Waals surface area contributed by atoms with E-state index in [2.05, 4.69) is 49.3 Å². The number of piperidine rings is 1. The normalized spacial score (nSPS) is 20.6. The number of nitrogens with zero attached hydrogens (tertiary/aromatic N) is 1. The number of rotatable bonds is 6. The zero-order valence-corrected chi connectivity index (χ0v) is 16.7. The van der Waals surface area contributed by atoms with Crippen LogP contribution in [0, 0.1) is 17.3 Å². The molecule has 0 bridgehead atoms. The minimum Gasteiger partial charge on any atom is -0.400 e. The van der Waals surface area contributed by atoms with Crippen molar-refractivity contribution < 1.29 is 5.11 Å². The van der Waals surface area contributed by atoms with Gasteiger partial charge in [0, 0.05) is 18.6 Å². The quantitative estimate of drug-likeness (QED) is 0.753. The lowest BCUT2D eigenvalue weighted by molar-refractivity contribution is 0.133. The van der Waals surface area contributed by atoms with Crippen LogP contribution in [0.25, 0.3) is 0 Å². The van der Waals surface area contributed by atoms with E-state index in [1.54, 1.807) is 5.56 Å². The van der Waals surface area contributed by atoms with Gasteiger partial charge in [0.15, 0.2) is 0 Å². The molecule has 1 N–H and O–H groups in total. The molecule has 136 valence electrons. The van der Waals surface area contributed by atoms with Gasteiger partial charge < -0.3 is 10.0 Å². The van der Waals surface area contributed by atoms with E-state index in [1.807, 2.05) is 11.8 Å². The number of hydrogen-bond acceptors (Lipinski definition) is 3. The Labute approximate surface area is 153 Å². The standard InChI is InChI=1S/C20H31NS.CH4O/c1-16(2)18-7-11-21(12-8-18)15-20(9-10-20)14-17-5-4-6-19(13-17)22-3;1-2/h4-6,13,16,18H,7-12,14-15H2,1-3H3;2H,1H3. The second-order valence-corrected chi connectivity index (χ2v) is 8.77. The smallest absolute Gasteiger partial charge is 0.0319 e. The Kier molecular flexibility index (Phi) is 7.64. The van der Waals surface area contributed by atoms with Gasteiger partial charge in [-0.15, -0.1) is 11.8 Å². The number of aliphatic hydroxyl groups is 1. The highest BCUT2D eigenvalue weighted by molar-refractivity contribution is 7.98. The minimum atomic E-state index is 0.599. The van der Waals surface area contributed by atoms with E-state index in [1.165, 1.54) is 56.6 Å². The molecule has 3 heteroatoms. The van der Waals surface area contributed by atoms with Gasteiger partial charge in [-0.2, -0.15) is 0 Å². The van der Waals surface area contributed by atoms with E-state index in [9.17, 15) is 0 Å². The van der Waals surface area contributed by atoms with Crippen LogP contribution in [0.4, 0.5) is 0 Å². The van der Waals surface area contributed by atoms with Crippen molar-refractivity contribution in [2.75, 3.05) is 33.0 Å².